The second-order valence-corrected chi connectivity index (χ2v) is 5.49. The summed E-state index contributed by atoms with van der Waals surface area (Å²) in [5.74, 6) is -0.140. The van der Waals surface area contributed by atoms with Gasteiger partial charge in [0.2, 0.25) is 0 Å². The van der Waals surface area contributed by atoms with E-state index in [1.165, 1.54) is 16.7 Å². The summed E-state index contributed by atoms with van der Waals surface area (Å²) in [6.45, 7) is 6.20. The van der Waals surface area contributed by atoms with Gasteiger partial charge in [-0.25, -0.2) is 4.39 Å². The number of hydrogen-bond acceptors (Lipinski definition) is 1. The number of nitrogens with one attached hydrogen (secondary N) is 1. The lowest BCUT2D eigenvalue weighted by molar-refractivity contribution is 0.573. The number of hydrogen-bond donors (Lipinski definition) is 1. The van der Waals surface area contributed by atoms with Gasteiger partial charge in [0.25, 0.3) is 0 Å². The molecule has 2 aromatic carbocycles. The summed E-state index contributed by atoms with van der Waals surface area (Å²) in [6, 6.07) is 11.9. The van der Waals surface area contributed by atoms with Crippen molar-refractivity contribution in [2.24, 2.45) is 0 Å². The molecule has 2 aromatic rings. The summed E-state index contributed by atoms with van der Waals surface area (Å²) in [7, 11) is 1.89. The second-order valence-electron chi connectivity index (χ2n) is 5.49. The second kappa shape index (κ2) is 6.86. The molecule has 112 valence electrons. The Bertz CT molecular complexity index is 619. The Morgan fingerprint density at radius 1 is 1.00 bits per heavy atom. The standard InChI is InChI=1S/C19H24FN/c1-5-14-8-9-15(6-2)17(12-14)19(21-4)16-10-7-13(3)11-18(16)20/h7-12,19,21H,5-6H2,1-4H3. The van der Waals surface area contributed by atoms with Crippen molar-refractivity contribution in [1.82, 2.24) is 5.32 Å². The summed E-state index contributed by atoms with van der Waals surface area (Å²) in [4.78, 5) is 0. The molecule has 0 bridgehead atoms. The molecule has 2 heteroatoms. The van der Waals surface area contributed by atoms with Gasteiger partial charge in [-0.15, -0.1) is 0 Å². The minimum absolute atomic E-state index is 0.105. The minimum atomic E-state index is -0.140. The molecule has 2 rings (SSSR count). The van der Waals surface area contributed by atoms with E-state index in [0.717, 1.165) is 18.4 Å². The van der Waals surface area contributed by atoms with Gasteiger partial charge in [-0.3, -0.25) is 0 Å². The molecule has 0 fully saturated rings. The van der Waals surface area contributed by atoms with Crippen LogP contribution in [0.2, 0.25) is 0 Å². The highest BCUT2D eigenvalue weighted by molar-refractivity contribution is 5.41. The largest absolute Gasteiger partial charge is 0.309 e. The first-order valence-electron chi connectivity index (χ1n) is 7.65. The van der Waals surface area contributed by atoms with Crippen LogP contribution in [0.5, 0.6) is 0 Å². The molecule has 0 spiro atoms. The van der Waals surface area contributed by atoms with E-state index < -0.39 is 0 Å². The van der Waals surface area contributed by atoms with Crippen LogP contribution in [0.15, 0.2) is 36.4 Å². The number of halogens is 1. The summed E-state index contributed by atoms with van der Waals surface area (Å²) in [5.41, 5.74) is 5.40. The van der Waals surface area contributed by atoms with Gasteiger partial charge in [-0.05, 0) is 55.1 Å². The van der Waals surface area contributed by atoms with Gasteiger partial charge in [-0.2, -0.15) is 0 Å². The number of rotatable bonds is 5. The van der Waals surface area contributed by atoms with Crippen LogP contribution in [-0.4, -0.2) is 7.05 Å². The van der Waals surface area contributed by atoms with Crippen molar-refractivity contribution in [1.29, 1.82) is 0 Å². The highest BCUT2D eigenvalue weighted by Gasteiger charge is 2.19. The number of benzene rings is 2. The quantitative estimate of drug-likeness (QED) is 0.848. The summed E-state index contributed by atoms with van der Waals surface area (Å²) < 4.78 is 14.4. The minimum Gasteiger partial charge on any atom is -0.309 e. The van der Waals surface area contributed by atoms with Crippen LogP contribution in [0, 0.1) is 12.7 Å². The Morgan fingerprint density at radius 2 is 1.76 bits per heavy atom. The molecule has 0 amide bonds. The van der Waals surface area contributed by atoms with Gasteiger partial charge >= 0.3 is 0 Å². The van der Waals surface area contributed by atoms with Crippen LogP contribution in [0.1, 0.15) is 47.7 Å². The Morgan fingerprint density at radius 3 is 2.33 bits per heavy atom. The van der Waals surface area contributed by atoms with Crippen molar-refractivity contribution in [3.8, 4) is 0 Å². The molecule has 0 aromatic heterocycles. The lowest BCUT2D eigenvalue weighted by Crippen LogP contribution is -2.20. The first-order chi connectivity index (χ1) is 10.1. The zero-order chi connectivity index (χ0) is 15.4. The fourth-order valence-electron chi connectivity index (χ4n) is 2.80. The van der Waals surface area contributed by atoms with E-state index in [1.54, 1.807) is 6.07 Å². The highest BCUT2D eigenvalue weighted by atomic mass is 19.1. The molecule has 0 heterocycles. The van der Waals surface area contributed by atoms with E-state index >= 15 is 0 Å². The first kappa shape index (κ1) is 15.7. The predicted octanol–water partition coefficient (Wildman–Crippen LogP) is 4.57. The smallest absolute Gasteiger partial charge is 0.128 e. The van der Waals surface area contributed by atoms with Crippen LogP contribution in [0.25, 0.3) is 0 Å². The third-order valence-electron chi connectivity index (χ3n) is 4.07. The van der Waals surface area contributed by atoms with E-state index in [-0.39, 0.29) is 11.9 Å². The van der Waals surface area contributed by atoms with Crippen molar-refractivity contribution in [2.45, 2.75) is 39.7 Å². The SMILES string of the molecule is CCc1ccc(CC)c(C(NC)c2ccc(C)cc2F)c1. The Balaban J connectivity index is 2.54. The molecule has 1 atom stereocenters. The number of aryl methyl sites for hydroxylation is 3. The Hall–Kier alpha value is -1.67. The van der Waals surface area contributed by atoms with E-state index in [0.29, 0.717) is 5.56 Å². The average Bonchev–Trinajstić information content (AvgIpc) is 2.49. The Labute approximate surface area is 127 Å². The molecule has 0 aliphatic rings. The van der Waals surface area contributed by atoms with Crippen molar-refractivity contribution < 1.29 is 4.39 Å². The topological polar surface area (TPSA) is 12.0 Å². The van der Waals surface area contributed by atoms with E-state index in [9.17, 15) is 4.39 Å². The Kier molecular flexibility index (Phi) is 5.13. The van der Waals surface area contributed by atoms with Gasteiger partial charge in [0.1, 0.15) is 5.82 Å². The maximum Gasteiger partial charge on any atom is 0.128 e. The van der Waals surface area contributed by atoms with Crippen molar-refractivity contribution in [3.05, 3.63) is 70.0 Å². The highest BCUT2D eigenvalue weighted by Crippen LogP contribution is 2.28. The molecular formula is C19H24FN. The molecule has 0 radical (unpaired) electrons. The summed E-state index contributed by atoms with van der Waals surface area (Å²) in [6.07, 6.45) is 1.94. The molecule has 21 heavy (non-hydrogen) atoms. The van der Waals surface area contributed by atoms with Crippen LogP contribution < -0.4 is 5.32 Å². The molecule has 1 unspecified atom stereocenters. The van der Waals surface area contributed by atoms with Gasteiger partial charge in [0, 0.05) is 5.56 Å². The van der Waals surface area contributed by atoms with Crippen LogP contribution in [-0.2, 0) is 12.8 Å². The van der Waals surface area contributed by atoms with E-state index in [4.69, 9.17) is 0 Å². The maximum atomic E-state index is 14.4. The third-order valence-corrected chi connectivity index (χ3v) is 4.07. The molecule has 1 nitrogen and oxygen atoms in total. The van der Waals surface area contributed by atoms with Crippen LogP contribution in [0.3, 0.4) is 0 Å². The molecule has 1 N–H and O–H groups in total. The fraction of sp³-hybridized carbons (Fsp3) is 0.368. The summed E-state index contributed by atoms with van der Waals surface area (Å²) >= 11 is 0. The lowest BCUT2D eigenvalue weighted by atomic mass is 9.90. The maximum absolute atomic E-state index is 14.4. The predicted molar refractivity (Wildman–Crippen MR) is 87.2 cm³/mol. The molecule has 0 aliphatic heterocycles. The van der Waals surface area contributed by atoms with Gasteiger partial charge < -0.3 is 5.32 Å². The van der Waals surface area contributed by atoms with Crippen molar-refractivity contribution in [3.63, 3.8) is 0 Å². The zero-order valence-electron chi connectivity index (χ0n) is 13.3. The fourth-order valence-corrected chi connectivity index (χ4v) is 2.80. The average molecular weight is 285 g/mol. The normalized spacial score (nSPS) is 12.4. The van der Waals surface area contributed by atoms with E-state index in [1.807, 2.05) is 26.1 Å². The summed E-state index contributed by atoms with van der Waals surface area (Å²) in [5, 5.41) is 3.28. The van der Waals surface area contributed by atoms with Gasteiger partial charge in [0.05, 0.1) is 6.04 Å². The lowest BCUT2D eigenvalue weighted by Gasteiger charge is -2.22. The first-order valence-corrected chi connectivity index (χ1v) is 7.65. The molecule has 0 aliphatic carbocycles. The molecule has 0 saturated carbocycles. The van der Waals surface area contributed by atoms with Gasteiger partial charge in [-0.1, -0.05) is 44.2 Å². The monoisotopic (exact) mass is 285 g/mol. The van der Waals surface area contributed by atoms with Gasteiger partial charge in [0.15, 0.2) is 0 Å². The van der Waals surface area contributed by atoms with Crippen molar-refractivity contribution >= 4 is 0 Å². The van der Waals surface area contributed by atoms with Crippen LogP contribution >= 0.6 is 0 Å². The molecular weight excluding hydrogens is 261 g/mol. The van der Waals surface area contributed by atoms with E-state index in [2.05, 4.69) is 37.4 Å². The molecule has 0 saturated heterocycles. The third kappa shape index (κ3) is 3.33. The van der Waals surface area contributed by atoms with Crippen molar-refractivity contribution in [2.75, 3.05) is 7.05 Å². The zero-order valence-corrected chi connectivity index (χ0v) is 13.3. The van der Waals surface area contributed by atoms with Crippen LogP contribution in [0.4, 0.5) is 4.39 Å².